The van der Waals surface area contributed by atoms with E-state index in [1.807, 2.05) is 30.0 Å². The molecule has 1 aliphatic rings. The van der Waals surface area contributed by atoms with Gasteiger partial charge in [0.1, 0.15) is 11.1 Å². The van der Waals surface area contributed by atoms with Crippen molar-refractivity contribution in [3.63, 3.8) is 0 Å². The number of carboxylic acid groups (broad SMARTS) is 1. The molecule has 1 saturated heterocycles. The number of aryl methyl sites for hydroxylation is 1. The van der Waals surface area contributed by atoms with E-state index in [1.165, 1.54) is 4.90 Å². The van der Waals surface area contributed by atoms with E-state index in [2.05, 4.69) is 9.97 Å². The highest BCUT2D eigenvalue weighted by Gasteiger charge is 2.38. The van der Waals surface area contributed by atoms with Crippen molar-refractivity contribution in [2.45, 2.75) is 18.9 Å². The van der Waals surface area contributed by atoms with E-state index in [9.17, 15) is 14.7 Å². The number of aliphatic hydroxyl groups is 1. The van der Waals surface area contributed by atoms with Crippen molar-refractivity contribution in [1.82, 2.24) is 14.9 Å². The van der Waals surface area contributed by atoms with Crippen LogP contribution in [0.3, 0.4) is 0 Å². The lowest BCUT2D eigenvalue weighted by Gasteiger charge is -2.29. The minimum absolute atomic E-state index is 0.113. The van der Waals surface area contributed by atoms with Crippen molar-refractivity contribution in [3.05, 3.63) is 42.2 Å². The minimum atomic E-state index is -1.19. The molecule has 1 aliphatic heterocycles. The molecule has 8 heteroatoms. The smallest absolute Gasteiger partial charge is 0.328 e. The van der Waals surface area contributed by atoms with Crippen molar-refractivity contribution in [1.29, 1.82) is 0 Å². The Balaban J connectivity index is 1.75. The Morgan fingerprint density at radius 2 is 2.11 bits per heavy atom. The number of aliphatic carboxylic acids is 1. The molecular weight excluding hydrogens is 348 g/mol. The summed E-state index contributed by atoms with van der Waals surface area (Å²) in [7, 11) is 1.54. The Morgan fingerprint density at radius 1 is 1.33 bits per heavy atom. The van der Waals surface area contributed by atoms with Crippen LogP contribution in [0.2, 0.25) is 0 Å². The molecule has 0 spiro atoms. The van der Waals surface area contributed by atoms with Gasteiger partial charge < -0.3 is 20.0 Å². The second kappa shape index (κ2) is 7.32. The van der Waals surface area contributed by atoms with Gasteiger partial charge in [0.25, 0.3) is 0 Å². The summed E-state index contributed by atoms with van der Waals surface area (Å²) >= 11 is 0. The first-order valence-corrected chi connectivity index (χ1v) is 8.63. The van der Waals surface area contributed by atoms with E-state index in [4.69, 9.17) is 5.11 Å². The van der Waals surface area contributed by atoms with Crippen molar-refractivity contribution in [2.75, 3.05) is 31.6 Å². The number of likely N-dealkylation sites (N-methyl/N-ethyl adjacent to an activating group) is 1. The quantitative estimate of drug-likeness (QED) is 0.756. The predicted octanol–water partition coefficient (Wildman–Crippen LogP) is 0.979. The summed E-state index contributed by atoms with van der Waals surface area (Å²) in [5.74, 6) is -1.65. The number of carboxylic acids is 1. The molecule has 2 aromatic heterocycles. The summed E-state index contributed by atoms with van der Waals surface area (Å²) in [6.45, 7) is 3.00. The van der Waals surface area contributed by atoms with Crippen LogP contribution in [0, 0.1) is 6.92 Å². The third-order valence-corrected chi connectivity index (χ3v) is 4.65. The number of amides is 1. The third-order valence-electron chi connectivity index (χ3n) is 4.65. The predicted molar refractivity (Wildman–Crippen MR) is 100 cm³/mol. The molecule has 2 aromatic rings. The van der Waals surface area contributed by atoms with Gasteiger partial charge in [-0.05, 0) is 31.5 Å². The maximum Gasteiger partial charge on any atom is 0.328 e. The number of carbonyl (C=O) groups excluding carboxylic acids is 1. The molecule has 3 rings (SSSR count). The fourth-order valence-corrected chi connectivity index (χ4v) is 3.34. The molecule has 27 heavy (non-hydrogen) atoms. The summed E-state index contributed by atoms with van der Waals surface area (Å²) in [6, 6.07) is 5.71. The normalized spacial score (nSPS) is 19.7. The van der Waals surface area contributed by atoms with Crippen molar-refractivity contribution >= 4 is 28.6 Å². The van der Waals surface area contributed by atoms with Crippen LogP contribution >= 0.6 is 0 Å². The lowest BCUT2D eigenvalue weighted by molar-refractivity contribution is -0.132. The van der Waals surface area contributed by atoms with E-state index in [-0.39, 0.29) is 6.54 Å². The molecule has 0 aliphatic carbocycles. The SMILES string of the molecule is Cc1ccc2nccc(N3CC[C@@](O)(CN(C)C(=O)/C=C/C(=O)O)C3)c2n1. The number of rotatable bonds is 5. The van der Waals surface area contributed by atoms with E-state index >= 15 is 0 Å². The van der Waals surface area contributed by atoms with Crippen LogP contribution in [0.5, 0.6) is 0 Å². The number of hydrogen-bond donors (Lipinski definition) is 2. The maximum atomic E-state index is 12.0. The zero-order chi connectivity index (χ0) is 19.6. The Kier molecular flexibility index (Phi) is 5.09. The summed E-state index contributed by atoms with van der Waals surface area (Å²) in [5.41, 5.74) is 2.29. The number of β-amino-alcohol motifs (C(OH)–C–C–N with tert-alkyl or cyclic N) is 1. The average Bonchev–Trinajstić information content (AvgIpc) is 3.00. The number of nitrogens with zero attached hydrogens (tertiary/aromatic N) is 4. The fraction of sp³-hybridized carbons (Fsp3) is 0.368. The molecule has 2 N–H and O–H groups in total. The van der Waals surface area contributed by atoms with Gasteiger partial charge in [-0.15, -0.1) is 0 Å². The van der Waals surface area contributed by atoms with Gasteiger partial charge in [-0.1, -0.05) is 0 Å². The number of anilines is 1. The van der Waals surface area contributed by atoms with Gasteiger partial charge in [-0.3, -0.25) is 9.78 Å². The lowest BCUT2D eigenvalue weighted by Crippen LogP contribution is -2.45. The fourth-order valence-electron chi connectivity index (χ4n) is 3.34. The Labute approximate surface area is 156 Å². The Bertz CT molecular complexity index is 914. The standard InChI is InChI=1S/C19H22N4O4/c1-13-3-4-14-18(21-13)15(7-9-20-14)23-10-8-19(27,12-23)11-22(2)16(24)5-6-17(25)26/h3-7,9,27H,8,10-12H2,1-2H3,(H,25,26)/b6-5+/t19-/m1/s1. The molecule has 1 fully saturated rings. The van der Waals surface area contributed by atoms with Gasteiger partial charge in [0.15, 0.2) is 0 Å². The summed E-state index contributed by atoms with van der Waals surface area (Å²) in [5, 5.41) is 19.6. The Morgan fingerprint density at radius 3 is 2.85 bits per heavy atom. The molecular formula is C19H22N4O4. The monoisotopic (exact) mass is 370 g/mol. The van der Waals surface area contributed by atoms with Crippen LogP contribution in [-0.2, 0) is 9.59 Å². The van der Waals surface area contributed by atoms with Crippen LogP contribution in [0.25, 0.3) is 11.0 Å². The van der Waals surface area contributed by atoms with Gasteiger partial charge in [-0.25, -0.2) is 9.78 Å². The number of fused-ring (bicyclic) bond motifs is 1. The first-order valence-electron chi connectivity index (χ1n) is 8.63. The zero-order valence-corrected chi connectivity index (χ0v) is 15.3. The summed E-state index contributed by atoms with van der Waals surface area (Å²) < 4.78 is 0. The topological polar surface area (TPSA) is 107 Å². The van der Waals surface area contributed by atoms with Crippen molar-refractivity contribution < 1.29 is 19.8 Å². The molecule has 1 amide bonds. The van der Waals surface area contributed by atoms with Gasteiger partial charge >= 0.3 is 5.97 Å². The van der Waals surface area contributed by atoms with Gasteiger partial charge in [-0.2, -0.15) is 0 Å². The first kappa shape index (κ1) is 18.8. The minimum Gasteiger partial charge on any atom is -0.478 e. The van der Waals surface area contributed by atoms with Crippen LogP contribution < -0.4 is 4.90 Å². The van der Waals surface area contributed by atoms with E-state index in [0.29, 0.717) is 19.5 Å². The zero-order valence-electron chi connectivity index (χ0n) is 15.3. The van der Waals surface area contributed by atoms with E-state index in [0.717, 1.165) is 34.6 Å². The molecule has 3 heterocycles. The summed E-state index contributed by atoms with van der Waals surface area (Å²) in [4.78, 5) is 34.8. The molecule has 0 aromatic carbocycles. The lowest BCUT2D eigenvalue weighted by atomic mass is 10.0. The third kappa shape index (κ3) is 4.22. The van der Waals surface area contributed by atoms with Crippen molar-refractivity contribution in [3.8, 4) is 0 Å². The highest BCUT2D eigenvalue weighted by Crippen LogP contribution is 2.31. The van der Waals surface area contributed by atoms with E-state index < -0.39 is 17.5 Å². The summed E-state index contributed by atoms with van der Waals surface area (Å²) in [6.07, 6.45) is 3.99. The molecule has 142 valence electrons. The van der Waals surface area contributed by atoms with E-state index in [1.54, 1.807) is 13.2 Å². The van der Waals surface area contributed by atoms with Crippen LogP contribution in [0.1, 0.15) is 12.1 Å². The molecule has 0 bridgehead atoms. The molecule has 1 atom stereocenters. The molecule has 0 unspecified atom stereocenters. The maximum absolute atomic E-state index is 12.0. The van der Waals surface area contributed by atoms with Crippen LogP contribution in [0.15, 0.2) is 36.5 Å². The average molecular weight is 370 g/mol. The van der Waals surface area contributed by atoms with Gasteiger partial charge in [0.05, 0.1) is 17.7 Å². The number of pyridine rings is 2. The van der Waals surface area contributed by atoms with Crippen LogP contribution in [-0.4, -0.2) is 69.2 Å². The highest BCUT2D eigenvalue weighted by atomic mass is 16.4. The number of aromatic nitrogens is 2. The Hall–Kier alpha value is -3.00. The van der Waals surface area contributed by atoms with Crippen LogP contribution in [0.4, 0.5) is 5.69 Å². The van der Waals surface area contributed by atoms with Gasteiger partial charge in [0.2, 0.25) is 5.91 Å². The largest absolute Gasteiger partial charge is 0.478 e. The molecule has 0 saturated carbocycles. The first-order chi connectivity index (χ1) is 12.8. The second-order valence-electron chi connectivity index (χ2n) is 6.91. The van der Waals surface area contributed by atoms with Gasteiger partial charge in [0, 0.05) is 44.2 Å². The number of carbonyl (C=O) groups is 2. The second-order valence-corrected chi connectivity index (χ2v) is 6.91. The van der Waals surface area contributed by atoms with Crippen molar-refractivity contribution in [2.24, 2.45) is 0 Å². The number of hydrogen-bond acceptors (Lipinski definition) is 6. The molecule has 8 nitrogen and oxygen atoms in total. The highest BCUT2D eigenvalue weighted by molar-refractivity contribution is 5.93. The molecule has 0 radical (unpaired) electrons.